The largest absolute Gasteiger partial charge is 0.481 e. The molecule has 2 aromatic heterocycles. The molecule has 0 unspecified atom stereocenters. The van der Waals surface area contributed by atoms with Gasteiger partial charge in [-0.15, -0.1) is 22.7 Å². The predicted molar refractivity (Wildman–Crippen MR) is 246 cm³/mol. The molecular formula is C48H58N6O6S2. The zero-order chi connectivity index (χ0) is 43.5. The van der Waals surface area contributed by atoms with Gasteiger partial charge in [0.25, 0.3) is 0 Å². The molecule has 0 atom stereocenters. The number of hydrogen-bond donors (Lipinski definition) is 2. The van der Waals surface area contributed by atoms with Crippen molar-refractivity contribution in [3.8, 4) is 21.6 Å². The lowest BCUT2D eigenvalue weighted by Gasteiger charge is -2.38. The number of aryl methyl sites for hydroxylation is 2. The molecule has 2 saturated heterocycles. The van der Waals surface area contributed by atoms with Crippen LogP contribution in [0.5, 0.6) is 21.6 Å². The molecule has 4 aromatic rings. The highest BCUT2D eigenvalue weighted by Crippen LogP contribution is 2.51. The van der Waals surface area contributed by atoms with Gasteiger partial charge in [0.1, 0.15) is 23.0 Å². The van der Waals surface area contributed by atoms with Crippen molar-refractivity contribution in [2.45, 2.75) is 79.1 Å². The fourth-order valence-corrected chi connectivity index (χ4v) is 10.9. The van der Waals surface area contributed by atoms with Crippen LogP contribution >= 0.6 is 22.7 Å². The number of fused-ring (bicyclic) bond motifs is 4. The number of carbonyl (C=O) groups is 2. The lowest BCUT2D eigenvalue weighted by Crippen LogP contribution is -2.51. The van der Waals surface area contributed by atoms with Gasteiger partial charge < -0.3 is 29.5 Å². The van der Waals surface area contributed by atoms with Crippen LogP contribution in [0.2, 0.25) is 0 Å². The number of ether oxygens (including phenoxy) is 2. The van der Waals surface area contributed by atoms with Gasteiger partial charge in [-0.3, -0.25) is 19.4 Å². The first-order chi connectivity index (χ1) is 29.6. The Kier molecular flexibility index (Phi) is 11.5. The van der Waals surface area contributed by atoms with Gasteiger partial charge in [0.2, 0.25) is 0 Å². The topological polar surface area (TPSA) is 131 Å². The third kappa shape index (κ3) is 9.15. The minimum absolute atomic E-state index is 0.559. The van der Waals surface area contributed by atoms with E-state index in [1.165, 1.54) is 35.4 Å². The van der Waals surface area contributed by atoms with Gasteiger partial charge >= 0.3 is 11.9 Å². The van der Waals surface area contributed by atoms with Crippen molar-refractivity contribution in [3.63, 3.8) is 0 Å². The lowest BCUT2D eigenvalue weighted by molar-refractivity contribution is -0.149. The summed E-state index contributed by atoms with van der Waals surface area (Å²) in [5.74, 6) is 3.47. The van der Waals surface area contributed by atoms with Crippen LogP contribution in [0.1, 0.15) is 97.2 Å². The van der Waals surface area contributed by atoms with E-state index < -0.39 is 22.8 Å². The molecular weight excluding hydrogens is 821 g/mol. The number of piperazine rings is 2. The van der Waals surface area contributed by atoms with E-state index in [1.54, 1.807) is 50.4 Å². The fraction of sp³-hybridized carbons (Fsp3) is 0.500. The first kappa shape index (κ1) is 42.5. The van der Waals surface area contributed by atoms with Gasteiger partial charge in [0.05, 0.1) is 22.0 Å². The van der Waals surface area contributed by atoms with E-state index in [2.05, 4.69) is 69.8 Å². The molecule has 2 N–H and O–H groups in total. The van der Waals surface area contributed by atoms with Gasteiger partial charge in [0, 0.05) is 75.2 Å². The van der Waals surface area contributed by atoms with Crippen LogP contribution in [0.15, 0.2) is 58.5 Å². The van der Waals surface area contributed by atoms with Gasteiger partial charge in [-0.2, -0.15) is 0 Å². The zero-order valence-electron chi connectivity index (χ0n) is 36.7. The van der Waals surface area contributed by atoms with Crippen molar-refractivity contribution < 1.29 is 29.3 Å². The Hall–Kier alpha value is -4.76. The fourth-order valence-electron chi connectivity index (χ4n) is 8.50. The van der Waals surface area contributed by atoms with Gasteiger partial charge in [-0.25, -0.2) is 9.98 Å². The van der Waals surface area contributed by atoms with Crippen LogP contribution in [0.3, 0.4) is 0 Å². The average molecular weight is 879 g/mol. The van der Waals surface area contributed by atoms with Crippen LogP contribution in [-0.4, -0.2) is 119 Å². The van der Waals surface area contributed by atoms with Gasteiger partial charge in [-0.05, 0) is 127 Å². The van der Waals surface area contributed by atoms with E-state index in [1.807, 2.05) is 12.1 Å². The molecule has 0 radical (unpaired) electrons. The molecule has 0 amide bonds. The highest BCUT2D eigenvalue weighted by atomic mass is 32.1. The Bertz CT molecular complexity index is 2260. The van der Waals surface area contributed by atoms with Crippen LogP contribution in [0, 0.1) is 24.7 Å². The van der Waals surface area contributed by atoms with Crippen molar-refractivity contribution in [2.75, 3.05) is 65.4 Å². The summed E-state index contributed by atoms with van der Waals surface area (Å²) in [5, 5.41) is 20.8. The van der Waals surface area contributed by atoms with Gasteiger partial charge in [-0.1, -0.05) is 12.1 Å². The van der Waals surface area contributed by atoms with Crippen molar-refractivity contribution in [1.82, 2.24) is 19.6 Å². The second-order valence-electron chi connectivity index (χ2n) is 19.2. The third-order valence-corrected chi connectivity index (χ3v) is 15.1. The summed E-state index contributed by atoms with van der Waals surface area (Å²) in [6.45, 7) is 19.0. The quantitative estimate of drug-likeness (QED) is 0.177. The molecule has 4 aliphatic heterocycles. The van der Waals surface area contributed by atoms with E-state index in [0.29, 0.717) is 24.9 Å². The first-order valence-corrected chi connectivity index (χ1v) is 23.7. The van der Waals surface area contributed by atoms with E-state index >= 15 is 0 Å². The summed E-state index contributed by atoms with van der Waals surface area (Å²) >= 11 is 3.53. The second kappa shape index (κ2) is 16.7. The number of thiophene rings is 2. The summed E-state index contributed by atoms with van der Waals surface area (Å²) in [5.41, 5.74) is 4.76. The summed E-state index contributed by atoms with van der Waals surface area (Å²) in [6.07, 6.45) is 5.05. The van der Waals surface area contributed by atoms with Crippen LogP contribution in [-0.2, 0) is 9.59 Å². The summed E-state index contributed by atoms with van der Waals surface area (Å²) in [7, 11) is 0. The molecule has 12 nitrogen and oxygen atoms in total. The smallest absolute Gasteiger partial charge is 0.310 e. The minimum atomic E-state index is -0.748. The number of aliphatic carboxylic acids is 2. The lowest BCUT2D eigenvalue weighted by atomic mass is 9.93. The molecule has 0 spiro atoms. The Morgan fingerprint density at radius 1 is 0.613 bits per heavy atom. The molecule has 328 valence electrons. The number of carboxylic acid groups (broad SMARTS) is 2. The predicted octanol–water partition coefficient (Wildman–Crippen LogP) is 9.69. The minimum Gasteiger partial charge on any atom is -0.481 e. The molecule has 6 heterocycles. The maximum Gasteiger partial charge on any atom is 0.310 e. The summed E-state index contributed by atoms with van der Waals surface area (Å²) in [6, 6.07) is 16.9. The molecule has 2 aliphatic carbocycles. The van der Waals surface area contributed by atoms with Crippen LogP contribution in [0.25, 0.3) is 0 Å². The Morgan fingerprint density at radius 3 is 1.32 bits per heavy atom. The van der Waals surface area contributed by atoms with Gasteiger partial charge in [0.15, 0.2) is 21.6 Å². The number of carboxylic acids is 2. The SMILES string of the molecule is Cc1ccc2c(c1)Oc1sc(C3CC3)cc1C(N1CCN(CC(C)(C)C(=O)O)CC1)=N2.Cc1ccc2c(c1)Oc1sc(C3CC3)cc1C(N1CCN(CC(C)(C)C(=O)O)CC1)=N2. The Morgan fingerprint density at radius 2 is 0.984 bits per heavy atom. The molecule has 2 saturated carbocycles. The molecule has 4 fully saturated rings. The maximum absolute atomic E-state index is 11.5. The number of nitrogens with zero attached hydrogens (tertiary/aromatic N) is 6. The number of rotatable bonds is 8. The second-order valence-corrected chi connectivity index (χ2v) is 21.3. The normalized spacial score (nSPS) is 19.2. The van der Waals surface area contributed by atoms with Crippen LogP contribution in [0.4, 0.5) is 11.4 Å². The Balaban J connectivity index is 0.000000158. The molecule has 0 bridgehead atoms. The zero-order valence-corrected chi connectivity index (χ0v) is 38.3. The highest BCUT2D eigenvalue weighted by molar-refractivity contribution is 7.14. The van der Waals surface area contributed by atoms with Crippen LogP contribution < -0.4 is 9.47 Å². The number of aliphatic imine (C=N–C) groups is 2. The van der Waals surface area contributed by atoms with E-state index in [4.69, 9.17) is 19.5 Å². The highest BCUT2D eigenvalue weighted by Gasteiger charge is 2.37. The molecule has 14 heteroatoms. The Labute approximate surface area is 372 Å². The van der Waals surface area contributed by atoms with E-state index in [0.717, 1.165) is 119 Å². The molecule has 62 heavy (non-hydrogen) atoms. The molecule has 6 aliphatic rings. The average Bonchev–Trinajstić information content (AvgIpc) is 4.18. The van der Waals surface area contributed by atoms with E-state index in [-0.39, 0.29) is 0 Å². The molecule has 2 aromatic carbocycles. The molecule has 10 rings (SSSR count). The van der Waals surface area contributed by atoms with Crippen molar-refractivity contribution in [3.05, 3.63) is 80.5 Å². The third-order valence-electron chi connectivity index (χ3n) is 12.7. The number of amidine groups is 2. The van der Waals surface area contributed by atoms with E-state index in [9.17, 15) is 19.8 Å². The number of benzene rings is 2. The maximum atomic E-state index is 11.5. The van der Waals surface area contributed by atoms with Crippen molar-refractivity contribution >= 4 is 57.7 Å². The first-order valence-electron chi connectivity index (χ1n) is 22.0. The monoisotopic (exact) mass is 878 g/mol. The van der Waals surface area contributed by atoms with Crippen molar-refractivity contribution in [2.24, 2.45) is 20.8 Å². The standard InChI is InChI=1S/2C24H29N3O3S/c2*1-15-4-7-18-19(12-15)30-22-17(13-20(31-22)16-5-6-16)21(25-18)27-10-8-26(9-11-27)14-24(2,3)23(28)29/h2*4,7,12-13,16H,5-6,8-11,14H2,1-3H3,(H,28,29). The summed E-state index contributed by atoms with van der Waals surface area (Å²) < 4.78 is 12.8. The number of hydrogen-bond acceptors (Lipinski definition) is 12. The summed E-state index contributed by atoms with van der Waals surface area (Å²) in [4.78, 5) is 45.2. The van der Waals surface area contributed by atoms with Crippen molar-refractivity contribution in [1.29, 1.82) is 0 Å².